The van der Waals surface area contributed by atoms with Gasteiger partial charge in [-0.2, -0.15) is 0 Å². The maximum atomic E-state index is 13.1. The minimum Gasteiger partial charge on any atom is -0.305 e. The zero-order valence-electron chi connectivity index (χ0n) is 11.4. The highest BCUT2D eigenvalue weighted by Gasteiger charge is 2.45. The van der Waals surface area contributed by atoms with Crippen molar-refractivity contribution in [3.05, 3.63) is 35.4 Å². The molecule has 1 heterocycles. The van der Waals surface area contributed by atoms with Gasteiger partial charge < -0.3 is 5.32 Å². The lowest BCUT2D eigenvalue weighted by molar-refractivity contribution is -0.139. The highest BCUT2D eigenvalue weighted by molar-refractivity contribution is 6.06. The van der Waals surface area contributed by atoms with Crippen molar-refractivity contribution in [1.29, 1.82) is 0 Å². The van der Waals surface area contributed by atoms with Crippen LogP contribution in [0, 0.1) is 11.6 Å². The van der Waals surface area contributed by atoms with Crippen LogP contribution in [0.4, 0.5) is 8.78 Å². The Morgan fingerprint density at radius 2 is 1.81 bits per heavy atom. The molecular formula is C15H16F2N2O2. The molecule has 3 rings (SSSR count). The van der Waals surface area contributed by atoms with Crippen molar-refractivity contribution in [3.63, 3.8) is 0 Å². The summed E-state index contributed by atoms with van der Waals surface area (Å²) in [6, 6.07) is 2.95. The molecule has 1 unspecified atom stereocenters. The zero-order valence-corrected chi connectivity index (χ0v) is 11.4. The number of imide groups is 1. The lowest BCUT2D eigenvalue weighted by Crippen LogP contribution is -2.40. The quantitative estimate of drug-likeness (QED) is 0.835. The molecule has 1 N–H and O–H groups in total. The van der Waals surface area contributed by atoms with E-state index in [1.54, 1.807) is 0 Å². The monoisotopic (exact) mass is 294 g/mol. The Balaban J connectivity index is 1.53. The number of likely N-dealkylation sites (tertiary alicyclic amines) is 1. The first-order chi connectivity index (χ1) is 10.0. The van der Waals surface area contributed by atoms with Crippen LogP contribution in [0.25, 0.3) is 0 Å². The summed E-state index contributed by atoms with van der Waals surface area (Å²) < 4.78 is 26.1. The molecule has 1 aromatic rings. The normalized spacial score (nSPS) is 22.2. The van der Waals surface area contributed by atoms with E-state index in [2.05, 4.69) is 5.32 Å². The number of halogens is 2. The van der Waals surface area contributed by atoms with Crippen LogP contribution in [-0.4, -0.2) is 35.3 Å². The summed E-state index contributed by atoms with van der Waals surface area (Å²) in [4.78, 5) is 25.2. The Bertz CT molecular complexity index is 567. The summed E-state index contributed by atoms with van der Waals surface area (Å²) in [5.41, 5.74) is 0.524. The number of hydrogen-bond acceptors (Lipinski definition) is 3. The zero-order chi connectivity index (χ0) is 15.0. The first kappa shape index (κ1) is 14.1. The number of nitrogens with one attached hydrogen (secondary N) is 1. The average Bonchev–Trinajstić information content (AvgIpc) is 3.17. The second kappa shape index (κ2) is 5.52. The lowest BCUT2D eigenvalue weighted by atomic mass is 10.1. The first-order valence-corrected chi connectivity index (χ1v) is 7.09. The maximum Gasteiger partial charge on any atom is 0.247 e. The van der Waals surface area contributed by atoms with Crippen molar-refractivity contribution in [1.82, 2.24) is 10.2 Å². The van der Waals surface area contributed by atoms with E-state index in [1.165, 1.54) is 17.0 Å². The maximum absolute atomic E-state index is 13.1. The second-order valence-corrected chi connectivity index (χ2v) is 5.57. The highest BCUT2D eigenvalue weighted by Crippen LogP contribution is 2.31. The fourth-order valence-corrected chi connectivity index (χ4v) is 2.67. The summed E-state index contributed by atoms with van der Waals surface area (Å²) in [6.07, 6.45) is 2.36. The van der Waals surface area contributed by atoms with Gasteiger partial charge in [0, 0.05) is 12.1 Å². The van der Waals surface area contributed by atoms with Crippen LogP contribution in [0.2, 0.25) is 0 Å². The van der Waals surface area contributed by atoms with E-state index in [1.807, 2.05) is 0 Å². The summed E-state index contributed by atoms with van der Waals surface area (Å²) in [6.45, 7) is 0.394. The van der Waals surface area contributed by atoms with E-state index < -0.39 is 17.7 Å². The number of amides is 2. The smallest absolute Gasteiger partial charge is 0.247 e. The largest absolute Gasteiger partial charge is 0.305 e. The average molecular weight is 294 g/mol. The minimum absolute atomic E-state index is 0.0918. The van der Waals surface area contributed by atoms with Gasteiger partial charge >= 0.3 is 0 Å². The molecule has 0 spiro atoms. The third kappa shape index (κ3) is 3.10. The van der Waals surface area contributed by atoms with Crippen LogP contribution >= 0.6 is 0 Å². The molecule has 0 radical (unpaired) electrons. The van der Waals surface area contributed by atoms with E-state index in [4.69, 9.17) is 0 Å². The molecular weight excluding hydrogens is 278 g/mol. The van der Waals surface area contributed by atoms with Crippen molar-refractivity contribution >= 4 is 11.8 Å². The fraction of sp³-hybridized carbons (Fsp3) is 0.467. The van der Waals surface area contributed by atoms with Crippen molar-refractivity contribution in [3.8, 4) is 0 Å². The highest BCUT2D eigenvalue weighted by atomic mass is 19.1. The molecule has 1 saturated carbocycles. The van der Waals surface area contributed by atoms with E-state index in [0.717, 1.165) is 18.9 Å². The topological polar surface area (TPSA) is 49.4 Å². The number of carbonyl (C=O) groups is 2. The summed E-state index contributed by atoms with van der Waals surface area (Å²) in [7, 11) is 0. The van der Waals surface area contributed by atoms with Crippen molar-refractivity contribution in [2.75, 3.05) is 6.54 Å². The van der Waals surface area contributed by atoms with Gasteiger partial charge in [-0.3, -0.25) is 14.5 Å². The van der Waals surface area contributed by atoms with Crippen LogP contribution in [0.5, 0.6) is 0 Å². The molecule has 1 aliphatic carbocycles. The molecule has 2 fully saturated rings. The predicted molar refractivity (Wildman–Crippen MR) is 71.3 cm³/mol. The second-order valence-electron chi connectivity index (χ2n) is 5.57. The van der Waals surface area contributed by atoms with Gasteiger partial charge in [0.2, 0.25) is 11.8 Å². The lowest BCUT2D eigenvalue weighted by Gasteiger charge is -2.14. The molecule has 2 amide bonds. The van der Waals surface area contributed by atoms with E-state index >= 15 is 0 Å². The van der Waals surface area contributed by atoms with Gasteiger partial charge in [-0.25, -0.2) is 8.78 Å². The molecule has 6 heteroatoms. The number of hydrogen-bond donors (Lipinski definition) is 1. The third-order valence-electron chi connectivity index (χ3n) is 3.82. The van der Waals surface area contributed by atoms with Gasteiger partial charge in [-0.15, -0.1) is 0 Å². The van der Waals surface area contributed by atoms with Gasteiger partial charge in [0.05, 0.1) is 12.5 Å². The Morgan fingerprint density at radius 1 is 1.14 bits per heavy atom. The van der Waals surface area contributed by atoms with E-state index in [0.29, 0.717) is 18.5 Å². The van der Waals surface area contributed by atoms with Crippen LogP contribution < -0.4 is 5.32 Å². The molecule has 1 atom stereocenters. The van der Waals surface area contributed by atoms with Crippen molar-refractivity contribution in [2.24, 2.45) is 0 Å². The first-order valence-electron chi connectivity index (χ1n) is 7.09. The molecule has 1 aliphatic heterocycles. The van der Waals surface area contributed by atoms with Gasteiger partial charge in [0.15, 0.2) is 0 Å². The summed E-state index contributed by atoms with van der Waals surface area (Å²) in [5, 5.41) is 3.00. The Hall–Kier alpha value is -1.82. The van der Waals surface area contributed by atoms with Gasteiger partial charge in [0.1, 0.15) is 11.6 Å². The molecule has 4 nitrogen and oxygen atoms in total. The third-order valence-corrected chi connectivity index (χ3v) is 3.82. The Morgan fingerprint density at radius 3 is 2.43 bits per heavy atom. The molecule has 1 aromatic carbocycles. The Kier molecular flexibility index (Phi) is 3.71. The Labute approximate surface area is 121 Å². The van der Waals surface area contributed by atoms with E-state index in [9.17, 15) is 18.4 Å². The molecule has 112 valence electrons. The fourth-order valence-electron chi connectivity index (χ4n) is 2.67. The number of carbonyl (C=O) groups excluding carboxylic acids is 2. The van der Waals surface area contributed by atoms with E-state index in [-0.39, 0.29) is 24.3 Å². The molecule has 21 heavy (non-hydrogen) atoms. The predicted octanol–water partition coefficient (Wildman–Crippen LogP) is 1.39. The van der Waals surface area contributed by atoms with Crippen LogP contribution in [-0.2, 0) is 16.0 Å². The van der Waals surface area contributed by atoms with Gasteiger partial charge in [-0.05, 0) is 43.5 Å². The van der Waals surface area contributed by atoms with Crippen LogP contribution in [0.3, 0.4) is 0 Å². The van der Waals surface area contributed by atoms with Gasteiger partial charge in [-0.1, -0.05) is 0 Å². The molecule has 0 bridgehead atoms. The number of nitrogens with zero attached hydrogens (tertiary/aromatic N) is 1. The van der Waals surface area contributed by atoms with Crippen molar-refractivity contribution < 1.29 is 18.4 Å². The molecule has 0 aromatic heterocycles. The summed E-state index contributed by atoms with van der Waals surface area (Å²) >= 11 is 0. The van der Waals surface area contributed by atoms with Gasteiger partial charge in [0.25, 0.3) is 0 Å². The molecule has 2 aliphatic rings. The molecule has 1 saturated heterocycles. The summed E-state index contributed by atoms with van der Waals surface area (Å²) in [5.74, 6) is -1.53. The minimum atomic E-state index is -0.614. The number of benzene rings is 1. The SMILES string of the molecule is O=C1CC(NCCc2cc(F)cc(F)c2)C(=O)N1C1CC1. The van der Waals surface area contributed by atoms with Crippen LogP contribution in [0.1, 0.15) is 24.8 Å². The number of rotatable bonds is 5. The van der Waals surface area contributed by atoms with Crippen molar-refractivity contribution in [2.45, 2.75) is 37.8 Å². The van der Waals surface area contributed by atoms with Crippen LogP contribution in [0.15, 0.2) is 18.2 Å². The standard InChI is InChI=1S/C15H16F2N2O2/c16-10-5-9(6-11(17)7-10)3-4-18-13-8-14(20)19(15(13)21)12-1-2-12/h5-7,12-13,18H,1-4,8H2.